The van der Waals surface area contributed by atoms with E-state index in [0.29, 0.717) is 10.9 Å². The van der Waals surface area contributed by atoms with Crippen LogP contribution >= 0.6 is 0 Å². The lowest BCUT2D eigenvalue weighted by Gasteiger charge is -2.25. The van der Waals surface area contributed by atoms with Gasteiger partial charge in [0.2, 0.25) is 0 Å². The number of hydrogen-bond acceptors (Lipinski definition) is 4. The minimum Gasteiger partial charge on any atom is -0.381 e. The fourth-order valence-corrected chi connectivity index (χ4v) is 3.57. The topological polar surface area (TPSA) is 64.0 Å². The molecular weight excluding hydrogens is 298 g/mol. The van der Waals surface area contributed by atoms with E-state index >= 15 is 0 Å². The molecule has 0 bridgehead atoms. The highest BCUT2D eigenvalue weighted by molar-refractivity contribution is 7.90. The van der Waals surface area contributed by atoms with Crippen LogP contribution in [0.1, 0.15) is 32.1 Å². The monoisotopic (exact) mass is 319 g/mol. The quantitative estimate of drug-likeness (QED) is 0.941. The molecule has 0 spiro atoms. The van der Waals surface area contributed by atoms with Crippen molar-refractivity contribution in [3.05, 3.63) is 36.7 Å². The van der Waals surface area contributed by atoms with Crippen LogP contribution in [-0.2, 0) is 9.84 Å². The fourth-order valence-electron chi connectivity index (χ4n) is 2.93. The van der Waals surface area contributed by atoms with Gasteiger partial charge in [-0.25, -0.2) is 13.1 Å². The van der Waals surface area contributed by atoms with Gasteiger partial charge in [-0.05, 0) is 37.1 Å². The average Bonchev–Trinajstić information content (AvgIpc) is 3.01. The van der Waals surface area contributed by atoms with E-state index in [4.69, 9.17) is 0 Å². The number of sulfone groups is 1. The number of rotatable bonds is 4. The summed E-state index contributed by atoms with van der Waals surface area (Å²) in [6, 6.07) is 7.48. The van der Waals surface area contributed by atoms with Crippen molar-refractivity contribution in [2.45, 2.75) is 43.0 Å². The van der Waals surface area contributed by atoms with Crippen LogP contribution in [0.4, 0.5) is 5.69 Å². The largest absolute Gasteiger partial charge is 0.381 e. The summed E-state index contributed by atoms with van der Waals surface area (Å²) >= 11 is 0. The molecule has 0 aliphatic heterocycles. The molecule has 1 aliphatic rings. The van der Waals surface area contributed by atoms with Crippen LogP contribution in [0, 0.1) is 0 Å². The second-order valence-corrected chi connectivity index (χ2v) is 7.90. The van der Waals surface area contributed by atoms with Crippen molar-refractivity contribution in [3.8, 4) is 5.69 Å². The van der Waals surface area contributed by atoms with Crippen LogP contribution in [0.2, 0.25) is 0 Å². The SMILES string of the molecule is CS(=O)(=O)c1ccc(NC2CCCCC2)c(-n2cccn2)c1. The summed E-state index contributed by atoms with van der Waals surface area (Å²) in [4.78, 5) is 0.312. The van der Waals surface area contributed by atoms with Crippen molar-refractivity contribution >= 4 is 15.5 Å². The van der Waals surface area contributed by atoms with Gasteiger partial charge in [0.05, 0.1) is 16.3 Å². The summed E-state index contributed by atoms with van der Waals surface area (Å²) in [5.41, 5.74) is 1.71. The minimum atomic E-state index is -3.24. The first-order chi connectivity index (χ1) is 10.5. The van der Waals surface area contributed by atoms with Gasteiger partial charge < -0.3 is 5.32 Å². The molecule has 1 aliphatic carbocycles. The Morgan fingerprint density at radius 3 is 2.64 bits per heavy atom. The lowest BCUT2D eigenvalue weighted by atomic mass is 9.95. The van der Waals surface area contributed by atoms with Crippen LogP contribution < -0.4 is 5.32 Å². The van der Waals surface area contributed by atoms with Crippen LogP contribution in [0.5, 0.6) is 0 Å². The Morgan fingerprint density at radius 1 is 1.23 bits per heavy atom. The molecule has 2 aromatic rings. The molecule has 6 heteroatoms. The third-order valence-electron chi connectivity index (χ3n) is 4.11. The molecule has 0 saturated heterocycles. The molecule has 1 aromatic heterocycles. The van der Waals surface area contributed by atoms with Gasteiger partial charge in [-0.2, -0.15) is 5.10 Å². The smallest absolute Gasteiger partial charge is 0.175 e. The molecule has 5 nitrogen and oxygen atoms in total. The van der Waals surface area contributed by atoms with E-state index in [1.165, 1.54) is 25.5 Å². The molecule has 1 heterocycles. The lowest BCUT2D eigenvalue weighted by molar-refractivity contribution is 0.462. The number of anilines is 1. The summed E-state index contributed by atoms with van der Waals surface area (Å²) in [6.07, 6.45) is 10.9. The molecule has 1 aromatic carbocycles. The van der Waals surface area contributed by atoms with E-state index in [1.807, 2.05) is 18.3 Å². The summed E-state index contributed by atoms with van der Waals surface area (Å²) in [5.74, 6) is 0. The van der Waals surface area contributed by atoms with Gasteiger partial charge in [-0.15, -0.1) is 0 Å². The van der Waals surface area contributed by atoms with Crippen molar-refractivity contribution in [1.82, 2.24) is 9.78 Å². The van der Waals surface area contributed by atoms with Crippen molar-refractivity contribution < 1.29 is 8.42 Å². The van der Waals surface area contributed by atoms with E-state index < -0.39 is 9.84 Å². The van der Waals surface area contributed by atoms with Gasteiger partial charge >= 0.3 is 0 Å². The Bertz CT molecular complexity index is 733. The number of aromatic nitrogens is 2. The van der Waals surface area contributed by atoms with Gasteiger partial charge in [0, 0.05) is 24.7 Å². The maximum atomic E-state index is 11.8. The Morgan fingerprint density at radius 2 is 2.00 bits per heavy atom. The van der Waals surface area contributed by atoms with Crippen molar-refractivity contribution in [2.75, 3.05) is 11.6 Å². The van der Waals surface area contributed by atoms with E-state index in [-0.39, 0.29) is 0 Å². The molecule has 1 N–H and O–H groups in total. The zero-order valence-electron chi connectivity index (χ0n) is 12.7. The van der Waals surface area contributed by atoms with Gasteiger partial charge in [0.25, 0.3) is 0 Å². The third-order valence-corrected chi connectivity index (χ3v) is 5.22. The number of nitrogens with one attached hydrogen (secondary N) is 1. The Hall–Kier alpha value is -1.82. The molecule has 0 atom stereocenters. The Kier molecular flexibility index (Phi) is 4.20. The fraction of sp³-hybridized carbons (Fsp3) is 0.438. The zero-order chi connectivity index (χ0) is 15.6. The molecule has 1 fully saturated rings. The molecule has 0 amide bonds. The van der Waals surface area contributed by atoms with E-state index in [9.17, 15) is 8.42 Å². The number of nitrogens with zero attached hydrogens (tertiary/aromatic N) is 2. The standard InChI is InChI=1S/C16H21N3O2S/c1-22(20,21)14-8-9-15(18-13-6-3-2-4-7-13)16(12-14)19-11-5-10-17-19/h5,8-13,18H,2-4,6-7H2,1H3. The van der Waals surface area contributed by atoms with E-state index in [2.05, 4.69) is 10.4 Å². The first kappa shape index (κ1) is 15.1. The summed E-state index contributed by atoms with van der Waals surface area (Å²) in [6.45, 7) is 0. The molecule has 0 radical (unpaired) electrons. The average molecular weight is 319 g/mol. The maximum Gasteiger partial charge on any atom is 0.175 e. The number of benzene rings is 1. The Labute approximate surface area is 131 Å². The normalized spacial score (nSPS) is 16.6. The molecular formula is C16H21N3O2S. The highest BCUT2D eigenvalue weighted by Crippen LogP contribution is 2.27. The lowest BCUT2D eigenvalue weighted by Crippen LogP contribution is -2.23. The van der Waals surface area contributed by atoms with E-state index in [1.54, 1.807) is 23.0 Å². The predicted octanol–water partition coefficient (Wildman–Crippen LogP) is 3.02. The minimum absolute atomic E-state index is 0.312. The predicted molar refractivity (Wildman–Crippen MR) is 87.2 cm³/mol. The summed E-state index contributed by atoms with van der Waals surface area (Å²) in [7, 11) is -3.24. The highest BCUT2D eigenvalue weighted by atomic mass is 32.2. The van der Waals surface area contributed by atoms with Crippen LogP contribution in [-0.4, -0.2) is 30.5 Å². The molecule has 1 saturated carbocycles. The summed E-state index contributed by atoms with van der Waals surface area (Å²) in [5, 5.41) is 7.81. The van der Waals surface area contributed by atoms with Gasteiger partial charge in [-0.1, -0.05) is 19.3 Å². The maximum absolute atomic E-state index is 11.8. The third kappa shape index (κ3) is 3.32. The Balaban J connectivity index is 1.98. The second kappa shape index (κ2) is 6.12. The van der Waals surface area contributed by atoms with Crippen molar-refractivity contribution in [3.63, 3.8) is 0 Å². The molecule has 118 valence electrons. The molecule has 0 unspecified atom stereocenters. The van der Waals surface area contributed by atoms with Crippen molar-refractivity contribution in [1.29, 1.82) is 0 Å². The van der Waals surface area contributed by atoms with Gasteiger partial charge in [0.1, 0.15) is 0 Å². The first-order valence-electron chi connectivity index (χ1n) is 7.65. The first-order valence-corrected chi connectivity index (χ1v) is 9.54. The van der Waals surface area contributed by atoms with Gasteiger partial charge in [-0.3, -0.25) is 0 Å². The zero-order valence-corrected chi connectivity index (χ0v) is 13.5. The van der Waals surface area contributed by atoms with E-state index in [0.717, 1.165) is 24.2 Å². The number of hydrogen-bond donors (Lipinski definition) is 1. The van der Waals surface area contributed by atoms with Crippen LogP contribution in [0.3, 0.4) is 0 Å². The van der Waals surface area contributed by atoms with Crippen molar-refractivity contribution in [2.24, 2.45) is 0 Å². The van der Waals surface area contributed by atoms with Gasteiger partial charge in [0.15, 0.2) is 9.84 Å². The summed E-state index contributed by atoms with van der Waals surface area (Å²) < 4.78 is 25.3. The van der Waals surface area contributed by atoms with Crippen LogP contribution in [0.25, 0.3) is 5.69 Å². The molecule has 3 rings (SSSR count). The second-order valence-electron chi connectivity index (χ2n) is 5.88. The molecule has 22 heavy (non-hydrogen) atoms. The highest BCUT2D eigenvalue weighted by Gasteiger charge is 2.17. The van der Waals surface area contributed by atoms with Crippen LogP contribution in [0.15, 0.2) is 41.6 Å².